The minimum atomic E-state index is -0.212. The molecule has 0 spiro atoms. The molecule has 23 heavy (non-hydrogen) atoms. The molecule has 2 amide bonds. The van der Waals surface area contributed by atoms with Crippen LogP contribution in [0.5, 0.6) is 0 Å². The second-order valence-electron chi connectivity index (χ2n) is 5.52. The van der Waals surface area contributed by atoms with Crippen molar-refractivity contribution in [3.05, 3.63) is 52.8 Å². The highest BCUT2D eigenvalue weighted by Gasteiger charge is 2.23. The molecule has 5 nitrogen and oxygen atoms in total. The van der Waals surface area contributed by atoms with Gasteiger partial charge < -0.3 is 15.2 Å². The van der Waals surface area contributed by atoms with E-state index in [9.17, 15) is 9.59 Å². The number of halogens is 1. The third kappa shape index (κ3) is 3.56. The molecule has 120 valence electrons. The predicted molar refractivity (Wildman–Crippen MR) is 89.9 cm³/mol. The van der Waals surface area contributed by atoms with Gasteiger partial charge in [-0.15, -0.1) is 0 Å². The standard InChI is InChI=1S/C17H18ClN3O2/c18-13-10-14(20-11-13)17(23)19-8-3-6-16(22)21-9-7-12-4-1-2-5-15(12)21/h1-2,4-5,10-11,20H,3,6-9H2,(H,19,23). The van der Waals surface area contributed by atoms with Crippen LogP contribution in [0.3, 0.4) is 0 Å². The first-order chi connectivity index (χ1) is 11.1. The first kappa shape index (κ1) is 15.6. The second kappa shape index (κ2) is 6.87. The Morgan fingerprint density at radius 3 is 2.91 bits per heavy atom. The van der Waals surface area contributed by atoms with E-state index < -0.39 is 0 Å². The van der Waals surface area contributed by atoms with E-state index in [-0.39, 0.29) is 11.8 Å². The SMILES string of the molecule is O=C(NCCCC(=O)N1CCc2ccccc21)c1cc(Cl)c[nH]1. The second-order valence-corrected chi connectivity index (χ2v) is 5.95. The molecule has 6 heteroatoms. The third-order valence-electron chi connectivity index (χ3n) is 3.93. The highest BCUT2D eigenvalue weighted by Crippen LogP contribution is 2.27. The van der Waals surface area contributed by atoms with Crippen LogP contribution in [0, 0.1) is 0 Å². The summed E-state index contributed by atoms with van der Waals surface area (Å²) < 4.78 is 0. The van der Waals surface area contributed by atoms with E-state index in [0.29, 0.717) is 30.1 Å². The summed E-state index contributed by atoms with van der Waals surface area (Å²) in [6.45, 7) is 1.20. The molecule has 2 heterocycles. The highest BCUT2D eigenvalue weighted by atomic mass is 35.5. The average Bonchev–Trinajstić information content (AvgIpc) is 3.17. The topological polar surface area (TPSA) is 65.2 Å². The molecule has 0 radical (unpaired) electrons. The van der Waals surface area contributed by atoms with E-state index >= 15 is 0 Å². The molecule has 0 saturated heterocycles. The molecule has 2 aromatic rings. The van der Waals surface area contributed by atoms with Gasteiger partial charge in [-0.1, -0.05) is 29.8 Å². The summed E-state index contributed by atoms with van der Waals surface area (Å²) in [6, 6.07) is 9.56. The van der Waals surface area contributed by atoms with Gasteiger partial charge in [-0.2, -0.15) is 0 Å². The van der Waals surface area contributed by atoms with E-state index in [2.05, 4.69) is 16.4 Å². The number of aromatic nitrogens is 1. The fourth-order valence-corrected chi connectivity index (χ4v) is 2.93. The maximum atomic E-state index is 12.3. The molecule has 1 aliphatic rings. The summed E-state index contributed by atoms with van der Waals surface area (Å²) in [5.74, 6) is -0.108. The van der Waals surface area contributed by atoms with Gasteiger partial charge in [0, 0.05) is 31.4 Å². The van der Waals surface area contributed by atoms with E-state index in [1.165, 1.54) is 5.56 Å². The van der Waals surface area contributed by atoms with Crippen LogP contribution in [0.4, 0.5) is 5.69 Å². The number of fused-ring (bicyclic) bond motifs is 1. The zero-order chi connectivity index (χ0) is 16.2. The van der Waals surface area contributed by atoms with Crippen molar-refractivity contribution < 1.29 is 9.59 Å². The van der Waals surface area contributed by atoms with Crippen molar-refractivity contribution in [3.8, 4) is 0 Å². The molecule has 0 bridgehead atoms. The molecule has 2 N–H and O–H groups in total. The fraction of sp³-hybridized carbons (Fsp3) is 0.294. The van der Waals surface area contributed by atoms with Gasteiger partial charge in [-0.3, -0.25) is 9.59 Å². The number of aromatic amines is 1. The van der Waals surface area contributed by atoms with E-state index in [1.807, 2.05) is 23.1 Å². The van der Waals surface area contributed by atoms with E-state index in [0.717, 1.165) is 18.7 Å². The Labute approximate surface area is 139 Å². The van der Waals surface area contributed by atoms with Gasteiger partial charge in [0.15, 0.2) is 0 Å². The number of rotatable bonds is 5. The number of hydrogen-bond donors (Lipinski definition) is 2. The number of carbonyl (C=O) groups excluding carboxylic acids is 2. The molecule has 1 aliphatic heterocycles. The number of amides is 2. The van der Waals surface area contributed by atoms with Crippen molar-refractivity contribution in [1.29, 1.82) is 0 Å². The van der Waals surface area contributed by atoms with E-state index in [4.69, 9.17) is 11.6 Å². The molecule has 3 rings (SSSR count). The number of nitrogens with zero attached hydrogens (tertiary/aromatic N) is 1. The molecule has 0 saturated carbocycles. The number of hydrogen-bond acceptors (Lipinski definition) is 2. The van der Waals surface area contributed by atoms with Crippen LogP contribution in [-0.4, -0.2) is 29.9 Å². The number of anilines is 1. The van der Waals surface area contributed by atoms with E-state index in [1.54, 1.807) is 12.3 Å². The predicted octanol–water partition coefficient (Wildman–Crippen LogP) is 2.77. The van der Waals surface area contributed by atoms with Crippen molar-refractivity contribution >= 4 is 29.1 Å². The number of H-pyrrole nitrogens is 1. The largest absolute Gasteiger partial charge is 0.356 e. The number of para-hydroxylation sites is 1. The van der Waals surface area contributed by atoms with Crippen LogP contribution < -0.4 is 10.2 Å². The molecule has 1 aromatic carbocycles. The van der Waals surface area contributed by atoms with Crippen LogP contribution in [0.1, 0.15) is 28.9 Å². The maximum Gasteiger partial charge on any atom is 0.267 e. The minimum Gasteiger partial charge on any atom is -0.356 e. The number of benzene rings is 1. The summed E-state index contributed by atoms with van der Waals surface area (Å²) in [4.78, 5) is 28.8. The van der Waals surface area contributed by atoms with Crippen molar-refractivity contribution in [3.63, 3.8) is 0 Å². The number of nitrogens with one attached hydrogen (secondary N) is 2. The Bertz CT molecular complexity index is 726. The van der Waals surface area contributed by atoms with Crippen molar-refractivity contribution in [1.82, 2.24) is 10.3 Å². The van der Waals surface area contributed by atoms with Crippen molar-refractivity contribution in [2.45, 2.75) is 19.3 Å². The lowest BCUT2D eigenvalue weighted by Gasteiger charge is -2.17. The molecule has 0 fully saturated rings. The first-order valence-corrected chi connectivity index (χ1v) is 8.03. The zero-order valence-corrected chi connectivity index (χ0v) is 13.4. The Kier molecular flexibility index (Phi) is 4.67. The molecular weight excluding hydrogens is 314 g/mol. The highest BCUT2D eigenvalue weighted by molar-refractivity contribution is 6.30. The van der Waals surface area contributed by atoms with Gasteiger partial charge >= 0.3 is 0 Å². The van der Waals surface area contributed by atoms with Crippen LogP contribution in [0.25, 0.3) is 0 Å². The first-order valence-electron chi connectivity index (χ1n) is 7.65. The minimum absolute atomic E-state index is 0.104. The monoisotopic (exact) mass is 331 g/mol. The molecule has 0 atom stereocenters. The Hall–Kier alpha value is -2.27. The van der Waals surface area contributed by atoms with Crippen LogP contribution in [-0.2, 0) is 11.2 Å². The van der Waals surface area contributed by atoms with Gasteiger partial charge in [0.05, 0.1) is 5.02 Å². The van der Waals surface area contributed by atoms with Gasteiger partial charge in [0.25, 0.3) is 5.91 Å². The lowest BCUT2D eigenvalue weighted by molar-refractivity contribution is -0.118. The Balaban J connectivity index is 1.44. The summed E-state index contributed by atoms with van der Waals surface area (Å²) >= 11 is 5.76. The Morgan fingerprint density at radius 1 is 1.30 bits per heavy atom. The van der Waals surface area contributed by atoms with Gasteiger partial charge in [0.1, 0.15) is 5.69 Å². The summed E-state index contributed by atoms with van der Waals surface area (Å²) in [6.07, 6.45) is 3.49. The van der Waals surface area contributed by atoms with Crippen LogP contribution in [0.2, 0.25) is 5.02 Å². The summed E-state index contributed by atoms with van der Waals surface area (Å²) in [5.41, 5.74) is 2.66. The van der Waals surface area contributed by atoms with Crippen LogP contribution >= 0.6 is 11.6 Å². The van der Waals surface area contributed by atoms with Crippen molar-refractivity contribution in [2.24, 2.45) is 0 Å². The lowest BCUT2D eigenvalue weighted by Crippen LogP contribution is -2.30. The Morgan fingerprint density at radius 2 is 2.13 bits per heavy atom. The molecule has 1 aromatic heterocycles. The summed E-state index contributed by atoms with van der Waals surface area (Å²) in [7, 11) is 0. The molecule has 0 aliphatic carbocycles. The van der Waals surface area contributed by atoms with Crippen LogP contribution in [0.15, 0.2) is 36.5 Å². The lowest BCUT2D eigenvalue weighted by atomic mass is 10.2. The average molecular weight is 332 g/mol. The maximum absolute atomic E-state index is 12.3. The van der Waals surface area contributed by atoms with Gasteiger partial charge in [-0.25, -0.2) is 0 Å². The smallest absolute Gasteiger partial charge is 0.267 e. The third-order valence-corrected chi connectivity index (χ3v) is 4.15. The molecular formula is C17H18ClN3O2. The van der Waals surface area contributed by atoms with Gasteiger partial charge in [0.2, 0.25) is 5.91 Å². The zero-order valence-electron chi connectivity index (χ0n) is 12.6. The quantitative estimate of drug-likeness (QED) is 0.827. The fourth-order valence-electron chi connectivity index (χ4n) is 2.77. The summed E-state index contributed by atoms with van der Waals surface area (Å²) in [5, 5.41) is 3.28. The normalized spacial score (nSPS) is 13.0. The van der Waals surface area contributed by atoms with Crippen molar-refractivity contribution in [2.75, 3.05) is 18.0 Å². The van der Waals surface area contributed by atoms with Gasteiger partial charge in [-0.05, 0) is 30.5 Å². The molecule has 0 unspecified atom stereocenters. The number of carbonyl (C=O) groups is 2.